The van der Waals surface area contributed by atoms with Crippen LogP contribution in [0.25, 0.3) is 0 Å². The molecule has 0 spiro atoms. The Labute approximate surface area is 352 Å². The van der Waals surface area contributed by atoms with Gasteiger partial charge in [-0.3, -0.25) is 0 Å². The van der Waals surface area contributed by atoms with E-state index in [1.165, 1.54) is 0 Å². The molecule has 3 aromatic carbocycles. The molecule has 0 aromatic heterocycles. The van der Waals surface area contributed by atoms with Gasteiger partial charge in [0.1, 0.15) is 0 Å². The van der Waals surface area contributed by atoms with Gasteiger partial charge in [0.15, 0.2) is 0 Å². The summed E-state index contributed by atoms with van der Waals surface area (Å²) < 4.78 is 78.9. The van der Waals surface area contributed by atoms with Gasteiger partial charge in [-0.05, 0) is 11.1 Å². The molecule has 0 amide bonds. The summed E-state index contributed by atoms with van der Waals surface area (Å²) in [6.45, 7) is 1.01. The van der Waals surface area contributed by atoms with Crippen LogP contribution in [0.2, 0.25) is 17.3 Å². The first-order valence-electron chi connectivity index (χ1n) is 19.9. The van der Waals surface area contributed by atoms with Crippen molar-refractivity contribution in [3.63, 3.8) is 0 Å². The normalized spacial score (nSPS) is 27.1. The third-order valence-corrected chi connectivity index (χ3v) is 11.4. The summed E-state index contributed by atoms with van der Waals surface area (Å²) in [4.78, 5) is 0. The Morgan fingerprint density at radius 2 is 1.08 bits per heavy atom. The Morgan fingerprint density at radius 1 is 0.559 bits per heavy atom. The fourth-order valence-corrected chi connectivity index (χ4v) is 8.08. The van der Waals surface area contributed by atoms with Gasteiger partial charge in [-0.1, -0.05) is 91.0 Å². The zero-order chi connectivity index (χ0) is 41.9. The molecule has 12 nitrogen and oxygen atoms in total. The van der Waals surface area contributed by atoms with Gasteiger partial charge >= 0.3 is 245 Å². The van der Waals surface area contributed by atoms with Gasteiger partial charge in [0, 0.05) is 0 Å². The second kappa shape index (κ2) is 24.9. The second-order valence-electron chi connectivity index (χ2n) is 15.3. The molecule has 2 aliphatic heterocycles. The molecule has 13 heteroatoms. The molecule has 0 radical (unpaired) electrons. The van der Waals surface area contributed by atoms with Crippen LogP contribution in [0.1, 0.15) is 16.7 Å². The molecule has 2 fully saturated rings. The van der Waals surface area contributed by atoms with E-state index in [0.717, 1.165) is 16.7 Å². The monoisotopic (exact) mass is 878 g/mol. The minimum atomic E-state index is -2.39. The summed E-state index contributed by atoms with van der Waals surface area (Å²) in [5.41, 5.74) is 2.92. The first-order chi connectivity index (χ1) is 28.7. The summed E-state index contributed by atoms with van der Waals surface area (Å²) >= 11 is -2.39. The van der Waals surface area contributed by atoms with Gasteiger partial charge < -0.3 is 0 Å². The standard InChI is InChI=1S/C46H60GeO12/c1-8-38-42(53-27-35-20-14-10-15-21-35)44(54-28-36-22-16-11-17-23-36)43(40(57-38)30-51-26-34-18-12-9-13-19-34)59-46-45(56-33-50-7)41(55-32-49-6)37(24-25-47(2,3)4)39(58-46)29-52-31-48-5/h1,9-23,37-46H,26-33H2,2-7H3/t37-,38+,39-,40-,41+,42+,43-,44-,45-,46+/m1/s1. The van der Waals surface area contributed by atoms with Crippen LogP contribution < -0.4 is 0 Å². The molecule has 2 heterocycles. The fraction of sp³-hybridized carbons (Fsp3) is 0.522. The van der Waals surface area contributed by atoms with E-state index in [4.69, 9.17) is 63.3 Å². The van der Waals surface area contributed by atoms with E-state index in [9.17, 15) is 0 Å². The van der Waals surface area contributed by atoms with Crippen LogP contribution in [0.15, 0.2) is 91.0 Å². The number of rotatable bonds is 22. The van der Waals surface area contributed by atoms with Gasteiger partial charge in [-0.15, -0.1) is 6.42 Å². The van der Waals surface area contributed by atoms with Gasteiger partial charge in [-0.2, -0.15) is 0 Å². The van der Waals surface area contributed by atoms with Crippen LogP contribution in [0, 0.1) is 28.9 Å². The number of ether oxygens (including phenoxy) is 12. The summed E-state index contributed by atoms with van der Waals surface area (Å²) in [5, 5.41) is 0. The number of hydrogen-bond acceptors (Lipinski definition) is 12. The van der Waals surface area contributed by atoms with Crippen molar-refractivity contribution >= 4 is 13.3 Å². The van der Waals surface area contributed by atoms with Gasteiger partial charge in [-0.25, -0.2) is 0 Å². The molecule has 0 unspecified atom stereocenters. The van der Waals surface area contributed by atoms with Gasteiger partial charge in [0.05, 0.1) is 0 Å². The predicted molar refractivity (Wildman–Crippen MR) is 223 cm³/mol. The first kappa shape index (κ1) is 46.9. The maximum absolute atomic E-state index is 7.15. The molecule has 59 heavy (non-hydrogen) atoms. The van der Waals surface area contributed by atoms with Crippen molar-refractivity contribution in [3.05, 3.63) is 108 Å². The van der Waals surface area contributed by atoms with Crippen molar-refractivity contribution in [2.75, 3.05) is 54.9 Å². The quantitative estimate of drug-likeness (QED) is 0.0513. The van der Waals surface area contributed by atoms with E-state index in [2.05, 4.69) is 33.9 Å². The van der Waals surface area contributed by atoms with Crippen molar-refractivity contribution < 1.29 is 56.8 Å². The molecular formula is C46H60GeO12. The van der Waals surface area contributed by atoms with Crippen molar-refractivity contribution in [2.45, 2.75) is 92.2 Å². The topological polar surface area (TPSA) is 111 Å². The minimum Gasteiger partial charge on any atom is -0.0622 e. The third kappa shape index (κ3) is 14.8. The van der Waals surface area contributed by atoms with Crippen LogP contribution >= 0.6 is 0 Å². The summed E-state index contributed by atoms with van der Waals surface area (Å²) in [6.07, 6.45) is -0.991. The average molecular weight is 878 g/mol. The number of terminal acetylenes is 1. The molecule has 0 saturated carbocycles. The van der Waals surface area contributed by atoms with E-state index < -0.39 is 74.3 Å². The Morgan fingerprint density at radius 3 is 1.63 bits per heavy atom. The number of benzene rings is 3. The van der Waals surface area contributed by atoms with Crippen LogP contribution in [0.5, 0.6) is 0 Å². The Kier molecular flexibility index (Phi) is 19.8. The van der Waals surface area contributed by atoms with Crippen molar-refractivity contribution in [1.29, 1.82) is 0 Å². The van der Waals surface area contributed by atoms with E-state index >= 15 is 0 Å². The minimum absolute atomic E-state index is 0.0322. The van der Waals surface area contributed by atoms with E-state index in [1.807, 2.05) is 91.0 Å². The molecule has 3 aromatic rings. The van der Waals surface area contributed by atoms with E-state index in [-0.39, 0.29) is 46.8 Å². The van der Waals surface area contributed by atoms with Gasteiger partial charge in [0.2, 0.25) is 0 Å². The van der Waals surface area contributed by atoms with Crippen LogP contribution in [-0.2, 0) is 76.7 Å². The van der Waals surface area contributed by atoms with E-state index in [1.54, 1.807) is 21.3 Å². The first-order valence-corrected chi connectivity index (χ1v) is 27.2. The smallest absolute Gasteiger partial charge is 0.0622 e. The Bertz CT molecular complexity index is 1710. The van der Waals surface area contributed by atoms with Crippen LogP contribution in [0.4, 0.5) is 0 Å². The molecule has 320 valence electrons. The molecule has 10 atom stereocenters. The molecule has 2 aliphatic rings. The zero-order valence-corrected chi connectivity index (χ0v) is 37.2. The SMILES string of the molecule is C#C[C@@H]1O[C@H](COCc2ccccc2)[C@@H](O[C@@H]2O[C@H](COCOC)[C@@H](C#[C][Ge]([CH3])([CH3])[CH3])[C@H](OCOC)[C@H]2OCOC)[C@H](OCc2ccccc2)[C@H]1OCc1ccccc1. The van der Waals surface area contributed by atoms with Crippen molar-refractivity contribution in [3.8, 4) is 23.0 Å². The number of methoxy groups -OCH3 is 3. The Balaban J connectivity index is 1.56. The third-order valence-electron chi connectivity index (χ3n) is 9.56. The van der Waals surface area contributed by atoms with Gasteiger partial charge in [0.25, 0.3) is 0 Å². The maximum atomic E-state index is 7.15. The average Bonchev–Trinajstić information content (AvgIpc) is 3.24. The summed E-state index contributed by atoms with van der Waals surface area (Å²) in [7, 11) is 4.68. The fourth-order valence-electron chi connectivity index (χ4n) is 6.82. The molecular weight excluding hydrogens is 817 g/mol. The van der Waals surface area contributed by atoms with Crippen molar-refractivity contribution in [2.24, 2.45) is 5.92 Å². The predicted octanol–water partition coefficient (Wildman–Crippen LogP) is 5.98. The van der Waals surface area contributed by atoms with Crippen LogP contribution in [-0.4, -0.2) is 123 Å². The molecule has 2 saturated heterocycles. The summed E-state index contributed by atoms with van der Waals surface area (Å²) in [5.74, 6) is 12.5. The molecule has 5 rings (SSSR count). The molecule has 0 bridgehead atoms. The summed E-state index contributed by atoms with van der Waals surface area (Å²) in [6, 6.07) is 29.6. The number of hydrogen-bond donors (Lipinski definition) is 0. The van der Waals surface area contributed by atoms with Crippen molar-refractivity contribution in [1.82, 2.24) is 0 Å². The zero-order valence-electron chi connectivity index (χ0n) is 35.1. The second-order valence-corrected chi connectivity index (χ2v) is 25.3. The molecule has 0 N–H and O–H groups in total. The molecule has 0 aliphatic carbocycles. The Hall–Kier alpha value is -3.16. The van der Waals surface area contributed by atoms with E-state index in [0.29, 0.717) is 6.61 Å². The van der Waals surface area contributed by atoms with Crippen LogP contribution in [0.3, 0.4) is 0 Å².